The van der Waals surface area contributed by atoms with E-state index in [9.17, 15) is 4.79 Å². The monoisotopic (exact) mass is 336 g/mol. The average molecular weight is 337 g/mol. The van der Waals surface area contributed by atoms with Gasteiger partial charge in [-0.25, -0.2) is 0 Å². The molecule has 1 amide bonds. The molecule has 0 radical (unpaired) electrons. The van der Waals surface area contributed by atoms with Crippen LogP contribution in [0.15, 0.2) is 17.5 Å². The van der Waals surface area contributed by atoms with Crippen LogP contribution >= 0.6 is 11.3 Å². The van der Waals surface area contributed by atoms with Crippen molar-refractivity contribution in [1.29, 1.82) is 0 Å². The number of nitrogens with one attached hydrogen (secondary N) is 1. The summed E-state index contributed by atoms with van der Waals surface area (Å²) in [6.07, 6.45) is 0. The van der Waals surface area contributed by atoms with Crippen molar-refractivity contribution < 1.29 is 4.79 Å². The van der Waals surface area contributed by atoms with Crippen molar-refractivity contribution in [1.82, 2.24) is 20.0 Å². The molecule has 0 saturated carbocycles. The molecule has 2 aliphatic heterocycles. The standard InChI is InChI=1S/C17H28N4OS/c1-3-19-8-10-20(11-9-19)17(22)16(15-5-4-12-23-15)21-7-6-18-14(2)13-21/h4-5,12,14,16,18H,3,6-11,13H2,1-2H3. The summed E-state index contributed by atoms with van der Waals surface area (Å²) in [5.41, 5.74) is 0. The predicted molar refractivity (Wildman–Crippen MR) is 94.8 cm³/mol. The molecular weight excluding hydrogens is 308 g/mol. The van der Waals surface area contributed by atoms with Crippen LogP contribution in [0.25, 0.3) is 0 Å². The van der Waals surface area contributed by atoms with Crippen LogP contribution in [0.4, 0.5) is 0 Å². The molecule has 2 atom stereocenters. The molecular formula is C17H28N4OS. The largest absolute Gasteiger partial charge is 0.338 e. The molecule has 23 heavy (non-hydrogen) atoms. The van der Waals surface area contributed by atoms with E-state index in [1.54, 1.807) is 11.3 Å². The number of carbonyl (C=O) groups is 1. The van der Waals surface area contributed by atoms with E-state index in [1.165, 1.54) is 4.88 Å². The molecule has 1 aromatic heterocycles. The Labute approximate surface area is 143 Å². The highest BCUT2D eigenvalue weighted by Crippen LogP contribution is 2.28. The first-order chi connectivity index (χ1) is 11.2. The zero-order valence-corrected chi connectivity index (χ0v) is 15.0. The van der Waals surface area contributed by atoms with Crippen molar-refractivity contribution in [2.75, 3.05) is 52.4 Å². The van der Waals surface area contributed by atoms with Gasteiger partial charge < -0.3 is 15.1 Å². The van der Waals surface area contributed by atoms with Gasteiger partial charge in [-0.1, -0.05) is 13.0 Å². The van der Waals surface area contributed by atoms with Crippen LogP contribution < -0.4 is 5.32 Å². The van der Waals surface area contributed by atoms with Gasteiger partial charge in [-0.3, -0.25) is 9.69 Å². The summed E-state index contributed by atoms with van der Waals surface area (Å²) < 4.78 is 0. The van der Waals surface area contributed by atoms with Crippen LogP contribution in [0.3, 0.4) is 0 Å². The first-order valence-electron chi connectivity index (χ1n) is 8.71. The van der Waals surface area contributed by atoms with Gasteiger partial charge >= 0.3 is 0 Å². The molecule has 2 aliphatic rings. The lowest BCUT2D eigenvalue weighted by atomic mass is 10.1. The van der Waals surface area contributed by atoms with Crippen molar-refractivity contribution in [2.24, 2.45) is 0 Å². The summed E-state index contributed by atoms with van der Waals surface area (Å²) in [4.78, 5) is 21.3. The quantitative estimate of drug-likeness (QED) is 0.898. The van der Waals surface area contributed by atoms with Crippen molar-refractivity contribution in [3.8, 4) is 0 Å². The number of amides is 1. The summed E-state index contributed by atoms with van der Waals surface area (Å²) in [6, 6.07) is 4.51. The summed E-state index contributed by atoms with van der Waals surface area (Å²) in [7, 11) is 0. The van der Waals surface area contributed by atoms with Crippen molar-refractivity contribution in [3.63, 3.8) is 0 Å². The van der Waals surface area contributed by atoms with E-state index in [-0.39, 0.29) is 11.9 Å². The third kappa shape index (κ3) is 3.94. The molecule has 3 rings (SSSR count). The number of hydrogen-bond donors (Lipinski definition) is 1. The summed E-state index contributed by atoms with van der Waals surface area (Å²) in [6.45, 7) is 12.0. The number of nitrogens with zero attached hydrogens (tertiary/aromatic N) is 3. The van der Waals surface area contributed by atoms with Crippen LogP contribution in [-0.4, -0.2) is 79.0 Å². The van der Waals surface area contributed by atoms with Gasteiger partial charge in [-0.2, -0.15) is 0 Å². The van der Waals surface area contributed by atoms with Crippen molar-refractivity contribution in [2.45, 2.75) is 25.9 Å². The molecule has 1 N–H and O–H groups in total. The Hall–Kier alpha value is -0.950. The summed E-state index contributed by atoms with van der Waals surface area (Å²) >= 11 is 1.70. The predicted octanol–water partition coefficient (Wildman–Crippen LogP) is 1.25. The molecule has 2 fully saturated rings. The Bertz CT molecular complexity index is 499. The Kier molecular flexibility index (Phi) is 5.69. The Morgan fingerprint density at radius 2 is 2.13 bits per heavy atom. The van der Waals surface area contributed by atoms with Gasteiger partial charge in [0.15, 0.2) is 0 Å². The number of piperazine rings is 2. The van der Waals surface area contributed by atoms with Gasteiger partial charge in [0.05, 0.1) is 0 Å². The van der Waals surface area contributed by atoms with Crippen LogP contribution in [-0.2, 0) is 4.79 Å². The molecule has 128 valence electrons. The summed E-state index contributed by atoms with van der Waals surface area (Å²) in [5.74, 6) is 0.289. The van der Waals surface area contributed by atoms with Crippen molar-refractivity contribution >= 4 is 17.2 Å². The highest BCUT2D eigenvalue weighted by Gasteiger charge is 2.35. The SMILES string of the molecule is CCN1CCN(C(=O)C(c2cccs2)N2CCNC(C)C2)CC1. The van der Waals surface area contributed by atoms with Crippen LogP contribution in [0.2, 0.25) is 0 Å². The van der Waals surface area contributed by atoms with Gasteiger partial charge in [0.25, 0.3) is 0 Å². The normalized spacial score (nSPS) is 25.5. The molecule has 0 bridgehead atoms. The van der Waals surface area contributed by atoms with E-state index in [4.69, 9.17) is 0 Å². The van der Waals surface area contributed by atoms with Gasteiger partial charge in [-0.15, -0.1) is 11.3 Å². The highest BCUT2D eigenvalue weighted by molar-refractivity contribution is 7.10. The first kappa shape index (κ1) is 16.9. The Morgan fingerprint density at radius 1 is 1.35 bits per heavy atom. The molecule has 2 saturated heterocycles. The van der Waals surface area contributed by atoms with E-state index in [0.29, 0.717) is 6.04 Å². The minimum atomic E-state index is -0.104. The molecule has 5 nitrogen and oxygen atoms in total. The highest BCUT2D eigenvalue weighted by atomic mass is 32.1. The fourth-order valence-corrected chi connectivity index (χ4v) is 4.41. The van der Waals surface area contributed by atoms with E-state index in [1.807, 2.05) is 0 Å². The lowest BCUT2D eigenvalue weighted by molar-refractivity contribution is -0.139. The van der Waals surface area contributed by atoms with Crippen LogP contribution in [0.5, 0.6) is 0 Å². The summed E-state index contributed by atoms with van der Waals surface area (Å²) in [5, 5.41) is 5.55. The maximum Gasteiger partial charge on any atom is 0.245 e. The van der Waals surface area contributed by atoms with E-state index in [0.717, 1.165) is 52.4 Å². The second-order valence-electron chi connectivity index (χ2n) is 6.53. The second-order valence-corrected chi connectivity index (χ2v) is 7.51. The van der Waals surface area contributed by atoms with E-state index in [2.05, 4.69) is 51.4 Å². The minimum absolute atomic E-state index is 0.104. The van der Waals surface area contributed by atoms with E-state index < -0.39 is 0 Å². The van der Waals surface area contributed by atoms with Crippen LogP contribution in [0, 0.1) is 0 Å². The first-order valence-corrected chi connectivity index (χ1v) is 9.59. The van der Waals surface area contributed by atoms with Gasteiger partial charge in [0.1, 0.15) is 6.04 Å². The number of carbonyl (C=O) groups excluding carboxylic acids is 1. The second kappa shape index (κ2) is 7.75. The smallest absolute Gasteiger partial charge is 0.245 e. The van der Waals surface area contributed by atoms with Crippen LogP contribution in [0.1, 0.15) is 24.8 Å². The number of rotatable bonds is 4. The molecule has 1 aromatic rings. The molecule has 2 unspecified atom stereocenters. The molecule has 0 aliphatic carbocycles. The Balaban J connectivity index is 1.74. The van der Waals surface area contributed by atoms with E-state index >= 15 is 0 Å². The zero-order valence-electron chi connectivity index (χ0n) is 14.2. The van der Waals surface area contributed by atoms with Crippen molar-refractivity contribution in [3.05, 3.63) is 22.4 Å². The zero-order chi connectivity index (χ0) is 16.2. The topological polar surface area (TPSA) is 38.8 Å². The fraction of sp³-hybridized carbons (Fsp3) is 0.706. The maximum absolute atomic E-state index is 13.2. The lowest BCUT2D eigenvalue weighted by Gasteiger charge is -2.41. The molecule has 6 heteroatoms. The molecule has 0 aromatic carbocycles. The maximum atomic E-state index is 13.2. The fourth-order valence-electron chi connectivity index (χ4n) is 3.56. The third-order valence-electron chi connectivity index (χ3n) is 4.94. The minimum Gasteiger partial charge on any atom is -0.338 e. The number of hydrogen-bond acceptors (Lipinski definition) is 5. The molecule has 0 spiro atoms. The lowest BCUT2D eigenvalue weighted by Crippen LogP contribution is -2.56. The third-order valence-corrected chi connectivity index (χ3v) is 5.87. The van der Waals surface area contributed by atoms with Gasteiger partial charge in [0, 0.05) is 56.7 Å². The number of thiophene rings is 1. The average Bonchev–Trinajstić information content (AvgIpc) is 3.09. The van der Waals surface area contributed by atoms with Gasteiger partial charge in [0.2, 0.25) is 5.91 Å². The Morgan fingerprint density at radius 3 is 2.74 bits per heavy atom. The van der Waals surface area contributed by atoms with Gasteiger partial charge in [-0.05, 0) is 24.9 Å². The molecule has 3 heterocycles. The number of likely N-dealkylation sites (N-methyl/N-ethyl adjacent to an activating group) is 1.